The van der Waals surface area contributed by atoms with E-state index in [-0.39, 0.29) is 5.91 Å². The van der Waals surface area contributed by atoms with Crippen molar-refractivity contribution in [3.63, 3.8) is 0 Å². The van der Waals surface area contributed by atoms with Crippen LogP contribution >= 0.6 is 11.3 Å². The van der Waals surface area contributed by atoms with Gasteiger partial charge in [-0.2, -0.15) is 0 Å². The Balaban J connectivity index is 2.69. The molecule has 0 fully saturated rings. The van der Waals surface area contributed by atoms with E-state index in [1.807, 2.05) is 13.0 Å². The molecule has 1 rings (SSSR count). The number of hydrogen-bond acceptors (Lipinski definition) is 2. The lowest BCUT2D eigenvalue weighted by atomic mass is 10.1. The lowest BCUT2D eigenvalue weighted by Gasteiger charge is -2.01. The zero-order valence-electron chi connectivity index (χ0n) is 10.2. The zero-order chi connectivity index (χ0) is 12.1. The van der Waals surface area contributed by atoms with E-state index < -0.39 is 0 Å². The van der Waals surface area contributed by atoms with Crippen LogP contribution in [-0.4, -0.2) is 12.5 Å². The summed E-state index contributed by atoms with van der Waals surface area (Å²) in [6, 6.07) is 2.01. The molecule has 1 aromatic rings. The third-order valence-electron chi connectivity index (χ3n) is 2.31. The quantitative estimate of drug-likeness (QED) is 0.782. The molecule has 0 aliphatic rings. The van der Waals surface area contributed by atoms with Crippen molar-refractivity contribution in [2.24, 2.45) is 0 Å². The monoisotopic (exact) mass is 237 g/mol. The normalized spacial score (nSPS) is 10.2. The van der Waals surface area contributed by atoms with Gasteiger partial charge in [0.1, 0.15) is 0 Å². The number of carbonyl (C=O) groups is 1. The minimum atomic E-state index is 0.0125. The predicted octanol–water partition coefficient (Wildman–Crippen LogP) is 3.31. The van der Waals surface area contributed by atoms with Crippen molar-refractivity contribution in [1.29, 1.82) is 0 Å². The fraction of sp³-hybridized carbons (Fsp3) is 0.462. The summed E-state index contributed by atoms with van der Waals surface area (Å²) in [4.78, 5) is 13.8. The third-order valence-corrected chi connectivity index (χ3v) is 3.41. The second-order valence-corrected chi connectivity index (χ2v) is 5.34. The first kappa shape index (κ1) is 13.0. The minimum Gasteiger partial charge on any atom is -0.348 e. The first-order valence-corrected chi connectivity index (χ1v) is 6.38. The van der Waals surface area contributed by atoms with Gasteiger partial charge in [0.15, 0.2) is 0 Å². The van der Waals surface area contributed by atoms with Crippen LogP contribution in [0.25, 0.3) is 0 Å². The summed E-state index contributed by atoms with van der Waals surface area (Å²) in [6.07, 6.45) is 2.17. The van der Waals surface area contributed by atoms with Crippen LogP contribution in [0.4, 0.5) is 0 Å². The number of carbonyl (C=O) groups excluding carboxylic acids is 1. The van der Waals surface area contributed by atoms with Crippen LogP contribution in [-0.2, 0) is 6.42 Å². The Hall–Kier alpha value is -1.09. The van der Waals surface area contributed by atoms with Gasteiger partial charge < -0.3 is 5.32 Å². The average molecular weight is 237 g/mol. The van der Waals surface area contributed by atoms with E-state index in [4.69, 9.17) is 0 Å². The smallest absolute Gasteiger partial charge is 0.261 e. The van der Waals surface area contributed by atoms with Gasteiger partial charge in [0, 0.05) is 11.4 Å². The van der Waals surface area contributed by atoms with Gasteiger partial charge in [0.25, 0.3) is 5.91 Å². The molecule has 0 bridgehead atoms. The van der Waals surface area contributed by atoms with Crippen molar-refractivity contribution in [2.75, 3.05) is 6.54 Å². The van der Waals surface area contributed by atoms with E-state index in [1.165, 1.54) is 10.4 Å². The highest BCUT2D eigenvalue weighted by atomic mass is 32.1. The molecule has 88 valence electrons. The molecule has 0 atom stereocenters. The standard InChI is InChI=1S/C13H19NOS/c1-5-6-11-7-12(16-10(11)4)13(15)14-8-9(2)3/h7H,2,5-6,8H2,1,3-4H3,(H,14,15). The zero-order valence-corrected chi connectivity index (χ0v) is 11.0. The van der Waals surface area contributed by atoms with E-state index in [2.05, 4.69) is 25.7 Å². The van der Waals surface area contributed by atoms with Crippen molar-refractivity contribution >= 4 is 17.2 Å². The highest BCUT2D eigenvalue weighted by Gasteiger charge is 2.11. The molecule has 3 heteroatoms. The molecule has 0 saturated carbocycles. The molecule has 1 N–H and O–H groups in total. The molecule has 0 unspecified atom stereocenters. The summed E-state index contributed by atoms with van der Waals surface area (Å²) in [5, 5.41) is 2.85. The lowest BCUT2D eigenvalue weighted by molar-refractivity contribution is 0.0961. The second-order valence-electron chi connectivity index (χ2n) is 4.08. The van der Waals surface area contributed by atoms with Crippen LogP contribution in [0.2, 0.25) is 0 Å². The summed E-state index contributed by atoms with van der Waals surface area (Å²) < 4.78 is 0. The Labute approximate surface area is 101 Å². The van der Waals surface area contributed by atoms with Gasteiger partial charge in [0.2, 0.25) is 0 Å². The van der Waals surface area contributed by atoms with Crippen molar-refractivity contribution in [2.45, 2.75) is 33.6 Å². The van der Waals surface area contributed by atoms with E-state index in [0.29, 0.717) is 6.54 Å². The van der Waals surface area contributed by atoms with Crippen LogP contribution in [0.1, 0.15) is 40.4 Å². The molecular formula is C13H19NOS. The number of rotatable bonds is 5. The molecule has 2 nitrogen and oxygen atoms in total. The maximum atomic E-state index is 11.8. The third kappa shape index (κ3) is 3.49. The molecule has 1 aromatic heterocycles. The number of thiophene rings is 1. The average Bonchev–Trinajstić information content (AvgIpc) is 2.57. The molecule has 0 spiro atoms. The van der Waals surface area contributed by atoms with Gasteiger partial charge in [-0.1, -0.05) is 25.5 Å². The van der Waals surface area contributed by atoms with Gasteiger partial charge in [-0.25, -0.2) is 0 Å². The second kappa shape index (κ2) is 5.85. The Kier molecular flexibility index (Phi) is 4.74. The molecule has 0 aromatic carbocycles. The van der Waals surface area contributed by atoms with E-state index >= 15 is 0 Å². The van der Waals surface area contributed by atoms with Gasteiger partial charge in [-0.3, -0.25) is 4.79 Å². The molecule has 16 heavy (non-hydrogen) atoms. The molecular weight excluding hydrogens is 218 g/mol. The summed E-state index contributed by atoms with van der Waals surface area (Å²) in [5.41, 5.74) is 2.27. The molecule has 1 amide bonds. The fourth-order valence-electron chi connectivity index (χ4n) is 1.47. The molecule has 0 saturated heterocycles. The van der Waals surface area contributed by atoms with E-state index in [1.54, 1.807) is 11.3 Å². The van der Waals surface area contributed by atoms with Crippen molar-refractivity contribution in [1.82, 2.24) is 5.32 Å². The van der Waals surface area contributed by atoms with Crippen LogP contribution in [0.15, 0.2) is 18.2 Å². The molecule has 0 aliphatic carbocycles. The van der Waals surface area contributed by atoms with Crippen LogP contribution in [0.5, 0.6) is 0 Å². The molecule has 1 heterocycles. The minimum absolute atomic E-state index is 0.0125. The Bertz CT molecular complexity index is 393. The van der Waals surface area contributed by atoms with Gasteiger partial charge >= 0.3 is 0 Å². The number of amides is 1. The van der Waals surface area contributed by atoms with Crippen molar-refractivity contribution < 1.29 is 4.79 Å². The van der Waals surface area contributed by atoms with Crippen molar-refractivity contribution in [3.8, 4) is 0 Å². The van der Waals surface area contributed by atoms with Crippen LogP contribution in [0, 0.1) is 6.92 Å². The maximum Gasteiger partial charge on any atom is 0.261 e. The first-order chi connectivity index (χ1) is 7.54. The van der Waals surface area contributed by atoms with Gasteiger partial charge in [-0.05, 0) is 31.9 Å². The topological polar surface area (TPSA) is 29.1 Å². The highest BCUT2D eigenvalue weighted by Crippen LogP contribution is 2.22. The van der Waals surface area contributed by atoms with Crippen LogP contribution in [0.3, 0.4) is 0 Å². The Morgan fingerprint density at radius 3 is 2.81 bits per heavy atom. The first-order valence-electron chi connectivity index (χ1n) is 5.56. The lowest BCUT2D eigenvalue weighted by Crippen LogP contribution is -2.23. The van der Waals surface area contributed by atoms with Gasteiger partial charge in [-0.15, -0.1) is 11.3 Å². The number of hydrogen-bond donors (Lipinski definition) is 1. The highest BCUT2D eigenvalue weighted by molar-refractivity contribution is 7.14. The Morgan fingerprint density at radius 1 is 1.56 bits per heavy atom. The van der Waals surface area contributed by atoms with Gasteiger partial charge in [0.05, 0.1) is 4.88 Å². The molecule has 0 radical (unpaired) electrons. The van der Waals surface area contributed by atoms with E-state index in [9.17, 15) is 4.79 Å². The Morgan fingerprint density at radius 2 is 2.25 bits per heavy atom. The summed E-state index contributed by atoms with van der Waals surface area (Å²) in [6.45, 7) is 10.4. The van der Waals surface area contributed by atoms with Crippen LogP contribution < -0.4 is 5.32 Å². The summed E-state index contributed by atoms with van der Waals surface area (Å²) >= 11 is 1.57. The number of nitrogens with one attached hydrogen (secondary N) is 1. The van der Waals surface area contributed by atoms with Crippen molar-refractivity contribution in [3.05, 3.63) is 33.5 Å². The maximum absolute atomic E-state index is 11.8. The fourth-order valence-corrected chi connectivity index (χ4v) is 2.46. The summed E-state index contributed by atoms with van der Waals surface area (Å²) in [7, 11) is 0. The SMILES string of the molecule is C=C(C)CNC(=O)c1cc(CCC)c(C)s1. The largest absolute Gasteiger partial charge is 0.348 e. The summed E-state index contributed by atoms with van der Waals surface area (Å²) in [5.74, 6) is 0.0125. The molecule has 0 aliphatic heterocycles. The van der Waals surface area contributed by atoms with E-state index in [0.717, 1.165) is 23.3 Å². The number of aryl methyl sites for hydroxylation is 2. The predicted molar refractivity (Wildman–Crippen MR) is 70.2 cm³/mol.